The maximum atomic E-state index is 5.44. The van der Waals surface area contributed by atoms with Crippen molar-refractivity contribution in [1.29, 1.82) is 0 Å². The van der Waals surface area contributed by atoms with Crippen molar-refractivity contribution in [2.24, 2.45) is 0 Å². The van der Waals surface area contributed by atoms with Gasteiger partial charge in [-0.1, -0.05) is 194 Å². The fraction of sp³-hybridized carbons (Fsp3) is 0. The van der Waals surface area contributed by atoms with Crippen LogP contribution in [0.1, 0.15) is 0 Å². The lowest BCUT2D eigenvalue weighted by Gasteiger charge is -2.17. The molecule has 3 nitrogen and oxygen atoms in total. The van der Waals surface area contributed by atoms with E-state index in [0.29, 0.717) is 5.82 Å². The van der Waals surface area contributed by atoms with E-state index in [9.17, 15) is 0 Å². The van der Waals surface area contributed by atoms with Crippen LogP contribution in [0.3, 0.4) is 0 Å². The van der Waals surface area contributed by atoms with Crippen molar-refractivity contribution in [3.05, 3.63) is 212 Å². The number of hydrogen-bond acceptors (Lipinski definition) is 3. The quantitative estimate of drug-likeness (QED) is 0.154. The lowest BCUT2D eigenvalue weighted by Crippen LogP contribution is -1.96. The van der Waals surface area contributed by atoms with Crippen LogP contribution in [0.4, 0.5) is 0 Å². The van der Waals surface area contributed by atoms with Crippen molar-refractivity contribution in [2.75, 3.05) is 0 Å². The second-order valence-corrected chi connectivity index (χ2v) is 14.0. The van der Waals surface area contributed by atoms with Gasteiger partial charge in [-0.2, -0.15) is 0 Å². The Balaban J connectivity index is 1.11. The van der Waals surface area contributed by atoms with Gasteiger partial charge in [0.05, 0.1) is 22.6 Å². The van der Waals surface area contributed by atoms with Gasteiger partial charge in [0.15, 0.2) is 5.82 Å². The van der Waals surface area contributed by atoms with Crippen LogP contribution in [0.5, 0.6) is 0 Å². The van der Waals surface area contributed by atoms with Crippen LogP contribution in [-0.2, 0) is 0 Å². The molecule has 3 heteroatoms. The predicted octanol–water partition coefficient (Wildman–Crippen LogP) is 13.8. The highest BCUT2D eigenvalue weighted by molar-refractivity contribution is 6.18. The molecule has 0 N–H and O–H groups in total. The molecule has 0 atom stereocenters. The van der Waals surface area contributed by atoms with E-state index in [1.165, 1.54) is 27.6 Å². The summed E-state index contributed by atoms with van der Waals surface area (Å²) in [4.78, 5) is 15.5. The monoisotopic (exact) mass is 713 g/mol. The topological polar surface area (TPSA) is 38.7 Å². The molecular weight excluding hydrogens is 679 g/mol. The molecule has 56 heavy (non-hydrogen) atoms. The molecule has 0 aliphatic heterocycles. The molecule has 0 aliphatic carbocycles. The molecule has 262 valence electrons. The minimum absolute atomic E-state index is 0.708. The fourth-order valence-corrected chi connectivity index (χ4v) is 7.76. The lowest BCUT2D eigenvalue weighted by atomic mass is 9.89. The fourth-order valence-electron chi connectivity index (χ4n) is 7.76. The number of aromatic nitrogens is 3. The van der Waals surface area contributed by atoms with Gasteiger partial charge >= 0.3 is 0 Å². The summed E-state index contributed by atoms with van der Waals surface area (Å²) >= 11 is 0. The van der Waals surface area contributed by atoms with E-state index < -0.39 is 0 Å². The van der Waals surface area contributed by atoms with Crippen molar-refractivity contribution < 1.29 is 0 Å². The van der Waals surface area contributed by atoms with Crippen molar-refractivity contribution in [2.45, 2.75) is 0 Å². The SMILES string of the molecule is c1ccc(-c2cc(-c3ccc(-c4ccc5nc(-c6ccccc6-c6ccccc6)c6cccc(-c7ccccc7)c6c5c4)cc3)nc(-c3ccccc3)n2)cc1. The summed E-state index contributed by atoms with van der Waals surface area (Å²) in [5.41, 5.74) is 14.9. The van der Waals surface area contributed by atoms with Crippen LogP contribution in [0.2, 0.25) is 0 Å². The number of nitrogens with zero attached hydrogens (tertiary/aromatic N) is 3. The van der Waals surface area contributed by atoms with Gasteiger partial charge in [0, 0.05) is 38.4 Å². The largest absolute Gasteiger partial charge is 0.247 e. The summed E-state index contributed by atoms with van der Waals surface area (Å²) in [6.45, 7) is 0. The molecule has 2 aromatic heterocycles. The van der Waals surface area contributed by atoms with Gasteiger partial charge in [0.2, 0.25) is 0 Å². The Morgan fingerprint density at radius 3 is 1.39 bits per heavy atom. The highest BCUT2D eigenvalue weighted by atomic mass is 14.9. The molecule has 0 bridgehead atoms. The Labute approximate surface area is 326 Å². The zero-order chi connectivity index (χ0) is 37.3. The molecule has 0 unspecified atom stereocenters. The Kier molecular flexibility index (Phi) is 8.51. The number of fused-ring (bicyclic) bond motifs is 3. The van der Waals surface area contributed by atoms with Crippen molar-refractivity contribution >= 4 is 21.7 Å². The van der Waals surface area contributed by atoms with Gasteiger partial charge < -0.3 is 0 Å². The van der Waals surface area contributed by atoms with E-state index in [2.05, 4.69) is 176 Å². The normalized spacial score (nSPS) is 11.2. The van der Waals surface area contributed by atoms with Gasteiger partial charge in [-0.15, -0.1) is 0 Å². The van der Waals surface area contributed by atoms with E-state index in [1.54, 1.807) is 0 Å². The third kappa shape index (κ3) is 6.21. The van der Waals surface area contributed by atoms with Gasteiger partial charge in [-0.05, 0) is 51.6 Å². The second kappa shape index (κ2) is 14.4. The average molecular weight is 714 g/mol. The standard InChI is InChI=1S/C53H35N3/c1-5-16-37(17-6-1)43-24-13-14-25-45(43)52-46-27-15-26-44(38-18-7-2-8-19-38)51(46)47-34-42(32-33-48(47)54-52)36-28-30-40(31-29-36)50-35-49(39-20-9-3-10-21-39)55-53(56-50)41-22-11-4-12-23-41/h1-35H. The highest BCUT2D eigenvalue weighted by Crippen LogP contribution is 2.42. The van der Waals surface area contributed by atoms with E-state index in [1.807, 2.05) is 36.4 Å². The van der Waals surface area contributed by atoms with Crippen LogP contribution in [0.15, 0.2) is 212 Å². The molecule has 8 aromatic carbocycles. The van der Waals surface area contributed by atoms with Crippen LogP contribution in [-0.4, -0.2) is 15.0 Å². The molecule has 0 spiro atoms. The first-order chi connectivity index (χ1) is 27.8. The minimum atomic E-state index is 0.708. The first-order valence-electron chi connectivity index (χ1n) is 18.9. The van der Waals surface area contributed by atoms with Crippen molar-refractivity contribution in [3.8, 4) is 78.5 Å². The molecule has 0 saturated heterocycles. The highest BCUT2D eigenvalue weighted by Gasteiger charge is 2.18. The smallest absolute Gasteiger partial charge is 0.160 e. The van der Waals surface area contributed by atoms with Gasteiger partial charge in [0.25, 0.3) is 0 Å². The minimum Gasteiger partial charge on any atom is -0.247 e. The summed E-state index contributed by atoms with van der Waals surface area (Å²) in [5, 5.41) is 3.45. The summed E-state index contributed by atoms with van der Waals surface area (Å²) in [7, 11) is 0. The number of rotatable bonds is 7. The Bertz CT molecular complexity index is 2920. The van der Waals surface area contributed by atoms with Crippen LogP contribution in [0.25, 0.3) is 100 Å². The van der Waals surface area contributed by atoms with E-state index >= 15 is 0 Å². The van der Waals surface area contributed by atoms with Gasteiger partial charge in [0.1, 0.15) is 0 Å². The molecule has 10 aromatic rings. The molecule has 0 fully saturated rings. The summed E-state index contributed by atoms with van der Waals surface area (Å²) in [5.74, 6) is 0.708. The molecule has 0 saturated carbocycles. The Morgan fingerprint density at radius 1 is 0.268 bits per heavy atom. The Hall–Kier alpha value is -7.49. The third-order valence-corrected chi connectivity index (χ3v) is 10.5. The number of benzene rings is 8. The molecule has 0 amide bonds. The Morgan fingerprint density at radius 2 is 0.750 bits per heavy atom. The molecule has 10 rings (SSSR count). The summed E-state index contributed by atoms with van der Waals surface area (Å²) < 4.78 is 0. The molecule has 2 heterocycles. The molecular formula is C53H35N3. The van der Waals surface area contributed by atoms with Gasteiger partial charge in [-0.3, -0.25) is 0 Å². The maximum Gasteiger partial charge on any atom is 0.160 e. The zero-order valence-electron chi connectivity index (χ0n) is 30.5. The number of pyridine rings is 1. The van der Waals surface area contributed by atoms with Gasteiger partial charge in [-0.25, -0.2) is 15.0 Å². The summed E-state index contributed by atoms with van der Waals surface area (Å²) in [6.07, 6.45) is 0. The third-order valence-electron chi connectivity index (χ3n) is 10.5. The van der Waals surface area contributed by atoms with E-state index in [0.717, 1.165) is 66.8 Å². The van der Waals surface area contributed by atoms with E-state index in [4.69, 9.17) is 15.0 Å². The first kappa shape index (κ1) is 33.1. The maximum absolute atomic E-state index is 5.44. The predicted molar refractivity (Wildman–Crippen MR) is 233 cm³/mol. The first-order valence-corrected chi connectivity index (χ1v) is 18.9. The van der Waals surface area contributed by atoms with Crippen LogP contribution < -0.4 is 0 Å². The average Bonchev–Trinajstić information content (AvgIpc) is 3.29. The van der Waals surface area contributed by atoms with Crippen molar-refractivity contribution in [1.82, 2.24) is 15.0 Å². The number of hydrogen-bond donors (Lipinski definition) is 0. The van der Waals surface area contributed by atoms with E-state index in [-0.39, 0.29) is 0 Å². The molecule has 0 aliphatic rings. The van der Waals surface area contributed by atoms with Crippen molar-refractivity contribution in [3.63, 3.8) is 0 Å². The second-order valence-electron chi connectivity index (χ2n) is 14.0. The summed E-state index contributed by atoms with van der Waals surface area (Å²) in [6, 6.07) is 74.5. The molecule has 0 radical (unpaired) electrons. The van der Waals surface area contributed by atoms with Crippen LogP contribution >= 0.6 is 0 Å². The zero-order valence-corrected chi connectivity index (χ0v) is 30.5. The lowest BCUT2D eigenvalue weighted by molar-refractivity contribution is 1.18. The van der Waals surface area contributed by atoms with Crippen LogP contribution in [0, 0.1) is 0 Å².